The molecule has 0 saturated heterocycles. The standard InChI is InChI=1S/C13H11FN2O4/c14-8-1-3-9(4-2-8)16-13(19)15-7-10-5-6-11(20-10)12(17)18/h1-6H,7H2,(H,17,18)(H2,15,16,19). The van der Waals surface area contributed by atoms with E-state index in [4.69, 9.17) is 9.52 Å². The van der Waals surface area contributed by atoms with Crippen molar-refractivity contribution in [3.63, 3.8) is 0 Å². The van der Waals surface area contributed by atoms with Crippen LogP contribution in [-0.4, -0.2) is 17.1 Å². The molecule has 6 nitrogen and oxygen atoms in total. The van der Waals surface area contributed by atoms with Gasteiger partial charge in [-0.2, -0.15) is 0 Å². The SMILES string of the molecule is O=C(NCc1ccc(C(=O)O)o1)Nc1ccc(F)cc1. The Bertz CT molecular complexity index is 622. The van der Waals surface area contributed by atoms with Crippen LogP contribution in [-0.2, 0) is 6.54 Å². The van der Waals surface area contributed by atoms with Gasteiger partial charge in [0.05, 0.1) is 6.54 Å². The van der Waals surface area contributed by atoms with Gasteiger partial charge in [0.2, 0.25) is 5.76 Å². The van der Waals surface area contributed by atoms with Gasteiger partial charge >= 0.3 is 12.0 Å². The number of rotatable bonds is 4. The molecule has 0 aliphatic heterocycles. The number of furan rings is 1. The highest BCUT2D eigenvalue weighted by molar-refractivity contribution is 5.89. The van der Waals surface area contributed by atoms with Gasteiger partial charge in [0, 0.05) is 5.69 Å². The van der Waals surface area contributed by atoms with E-state index in [1.54, 1.807) is 0 Å². The van der Waals surface area contributed by atoms with Crippen molar-refractivity contribution in [1.82, 2.24) is 5.32 Å². The first kappa shape index (κ1) is 13.6. The molecule has 1 heterocycles. The lowest BCUT2D eigenvalue weighted by Gasteiger charge is -2.06. The summed E-state index contributed by atoms with van der Waals surface area (Å²) in [5.74, 6) is -1.45. The fraction of sp³-hybridized carbons (Fsp3) is 0.0769. The monoisotopic (exact) mass is 278 g/mol. The highest BCUT2D eigenvalue weighted by atomic mass is 19.1. The number of hydrogen-bond acceptors (Lipinski definition) is 3. The molecule has 1 aromatic heterocycles. The lowest BCUT2D eigenvalue weighted by Crippen LogP contribution is -2.27. The van der Waals surface area contributed by atoms with Crippen molar-refractivity contribution in [2.45, 2.75) is 6.54 Å². The van der Waals surface area contributed by atoms with Crippen molar-refractivity contribution in [1.29, 1.82) is 0 Å². The Labute approximate surface area is 113 Å². The third-order valence-corrected chi connectivity index (χ3v) is 2.40. The van der Waals surface area contributed by atoms with Crippen molar-refractivity contribution in [2.24, 2.45) is 0 Å². The molecule has 0 spiro atoms. The Morgan fingerprint density at radius 3 is 2.45 bits per heavy atom. The van der Waals surface area contributed by atoms with Gasteiger partial charge in [-0.05, 0) is 36.4 Å². The maximum absolute atomic E-state index is 12.7. The Balaban J connectivity index is 1.85. The summed E-state index contributed by atoms with van der Waals surface area (Å²) in [7, 11) is 0. The molecule has 0 aliphatic carbocycles. The molecule has 20 heavy (non-hydrogen) atoms. The highest BCUT2D eigenvalue weighted by Crippen LogP contribution is 2.09. The number of nitrogens with one attached hydrogen (secondary N) is 2. The van der Waals surface area contributed by atoms with Crippen LogP contribution in [0.25, 0.3) is 0 Å². The summed E-state index contributed by atoms with van der Waals surface area (Å²) in [6.45, 7) is 0.0420. The molecule has 2 rings (SSSR count). The van der Waals surface area contributed by atoms with Crippen LogP contribution < -0.4 is 10.6 Å². The van der Waals surface area contributed by atoms with Gasteiger partial charge in [-0.15, -0.1) is 0 Å². The lowest BCUT2D eigenvalue weighted by molar-refractivity contribution is 0.0660. The average Bonchev–Trinajstić information content (AvgIpc) is 2.88. The number of carboxylic acid groups (broad SMARTS) is 1. The molecule has 104 valence electrons. The number of urea groups is 1. The molecule has 2 aromatic rings. The fourth-order valence-corrected chi connectivity index (χ4v) is 1.46. The quantitative estimate of drug-likeness (QED) is 0.801. The lowest BCUT2D eigenvalue weighted by atomic mass is 10.3. The van der Waals surface area contributed by atoms with E-state index in [1.165, 1.54) is 36.4 Å². The number of carbonyl (C=O) groups is 2. The topological polar surface area (TPSA) is 91.6 Å². The van der Waals surface area contributed by atoms with Crippen LogP contribution in [0, 0.1) is 5.82 Å². The zero-order valence-electron chi connectivity index (χ0n) is 10.2. The van der Waals surface area contributed by atoms with E-state index in [1.807, 2.05) is 0 Å². The maximum atomic E-state index is 12.7. The van der Waals surface area contributed by atoms with E-state index in [-0.39, 0.29) is 12.3 Å². The van der Waals surface area contributed by atoms with Gasteiger partial charge in [-0.1, -0.05) is 0 Å². The molecule has 0 fully saturated rings. The Hall–Kier alpha value is -2.83. The van der Waals surface area contributed by atoms with Crippen molar-refractivity contribution in [3.8, 4) is 0 Å². The van der Waals surface area contributed by atoms with Gasteiger partial charge in [-0.3, -0.25) is 0 Å². The predicted octanol–water partition coefficient (Wildman–Crippen LogP) is 2.44. The molecule has 0 bridgehead atoms. The third-order valence-electron chi connectivity index (χ3n) is 2.40. The molecule has 7 heteroatoms. The summed E-state index contributed by atoms with van der Waals surface area (Å²) in [5, 5.41) is 13.6. The van der Waals surface area contributed by atoms with E-state index >= 15 is 0 Å². The van der Waals surface area contributed by atoms with Crippen molar-refractivity contribution < 1.29 is 23.5 Å². The summed E-state index contributed by atoms with van der Waals surface area (Å²) in [5.41, 5.74) is 0.439. The Morgan fingerprint density at radius 2 is 1.85 bits per heavy atom. The second-order valence-corrected chi connectivity index (χ2v) is 3.89. The fourth-order valence-electron chi connectivity index (χ4n) is 1.46. The molecular weight excluding hydrogens is 267 g/mol. The summed E-state index contributed by atoms with van der Waals surface area (Å²) >= 11 is 0. The number of carbonyl (C=O) groups excluding carboxylic acids is 1. The number of carboxylic acids is 1. The van der Waals surface area contributed by atoms with Crippen LogP contribution in [0.1, 0.15) is 16.3 Å². The predicted molar refractivity (Wildman–Crippen MR) is 67.9 cm³/mol. The molecule has 0 aliphatic rings. The van der Waals surface area contributed by atoms with Gasteiger partial charge < -0.3 is 20.2 Å². The second kappa shape index (κ2) is 5.87. The van der Waals surface area contributed by atoms with Crippen LogP contribution in [0.15, 0.2) is 40.8 Å². The van der Waals surface area contributed by atoms with E-state index < -0.39 is 17.8 Å². The minimum Gasteiger partial charge on any atom is -0.475 e. The number of halogens is 1. The number of benzene rings is 1. The Kier molecular flexibility index (Phi) is 3.99. The number of anilines is 1. The van der Waals surface area contributed by atoms with Gasteiger partial charge in [0.15, 0.2) is 0 Å². The van der Waals surface area contributed by atoms with Crippen molar-refractivity contribution >= 4 is 17.7 Å². The number of amides is 2. The smallest absolute Gasteiger partial charge is 0.371 e. The molecule has 0 unspecified atom stereocenters. The Morgan fingerprint density at radius 1 is 1.15 bits per heavy atom. The summed E-state index contributed by atoms with van der Waals surface area (Å²) in [6, 6.07) is 7.54. The van der Waals surface area contributed by atoms with Crippen molar-refractivity contribution in [2.75, 3.05) is 5.32 Å². The van der Waals surface area contributed by atoms with E-state index in [9.17, 15) is 14.0 Å². The molecular formula is C13H11FN2O4. The molecule has 3 N–H and O–H groups in total. The molecule has 0 radical (unpaired) electrons. The summed E-state index contributed by atoms with van der Waals surface area (Å²) < 4.78 is 17.6. The number of hydrogen-bond donors (Lipinski definition) is 3. The summed E-state index contributed by atoms with van der Waals surface area (Å²) in [4.78, 5) is 22.1. The van der Waals surface area contributed by atoms with Crippen LogP contribution in [0.3, 0.4) is 0 Å². The van der Waals surface area contributed by atoms with Crippen molar-refractivity contribution in [3.05, 3.63) is 53.7 Å². The second-order valence-electron chi connectivity index (χ2n) is 3.89. The first-order chi connectivity index (χ1) is 9.54. The summed E-state index contributed by atoms with van der Waals surface area (Å²) in [6.07, 6.45) is 0. The average molecular weight is 278 g/mol. The van der Waals surface area contributed by atoms with Crippen LogP contribution in [0.2, 0.25) is 0 Å². The highest BCUT2D eigenvalue weighted by Gasteiger charge is 2.09. The zero-order valence-corrected chi connectivity index (χ0v) is 10.2. The van der Waals surface area contributed by atoms with E-state index in [0.717, 1.165) is 0 Å². The molecule has 0 atom stereocenters. The number of aromatic carboxylic acids is 1. The maximum Gasteiger partial charge on any atom is 0.371 e. The first-order valence-corrected chi connectivity index (χ1v) is 5.67. The van der Waals surface area contributed by atoms with Gasteiger partial charge in [-0.25, -0.2) is 14.0 Å². The normalized spacial score (nSPS) is 10.1. The minimum atomic E-state index is -1.17. The van der Waals surface area contributed by atoms with E-state index in [0.29, 0.717) is 11.4 Å². The van der Waals surface area contributed by atoms with Crippen LogP contribution in [0.5, 0.6) is 0 Å². The van der Waals surface area contributed by atoms with Gasteiger partial charge in [0.25, 0.3) is 0 Å². The molecule has 2 amide bonds. The molecule has 1 aromatic carbocycles. The molecule has 0 saturated carbocycles. The van der Waals surface area contributed by atoms with Gasteiger partial charge in [0.1, 0.15) is 11.6 Å². The van der Waals surface area contributed by atoms with Crippen LogP contribution in [0.4, 0.5) is 14.9 Å². The largest absolute Gasteiger partial charge is 0.475 e. The van der Waals surface area contributed by atoms with Crippen LogP contribution >= 0.6 is 0 Å². The third kappa shape index (κ3) is 3.58. The zero-order chi connectivity index (χ0) is 14.5. The van der Waals surface area contributed by atoms with E-state index in [2.05, 4.69) is 10.6 Å². The minimum absolute atomic E-state index is 0.0420. The first-order valence-electron chi connectivity index (χ1n) is 5.67.